The number of aromatic hydroxyl groups is 1. The van der Waals surface area contributed by atoms with Gasteiger partial charge in [-0.05, 0) is 39.0 Å². The number of ether oxygens (including phenoxy) is 1. The molecule has 0 aliphatic heterocycles. The van der Waals surface area contributed by atoms with Crippen molar-refractivity contribution in [2.24, 2.45) is 0 Å². The van der Waals surface area contributed by atoms with Crippen LogP contribution in [0, 0.1) is 0 Å². The summed E-state index contributed by atoms with van der Waals surface area (Å²) in [4.78, 5) is 11.5. The van der Waals surface area contributed by atoms with Gasteiger partial charge in [-0.15, -0.1) is 0 Å². The number of phenols is 1. The van der Waals surface area contributed by atoms with Gasteiger partial charge in [-0.1, -0.05) is 6.07 Å². The van der Waals surface area contributed by atoms with E-state index >= 15 is 0 Å². The molecule has 1 rings (SSSR count). The molecule has 1 aromatic carbocycles. The van der Waals surface area contributed by atoms with Gasteiger partial charge in [0.2, 0.25) is 10.0 Å². The van der Waals surface area contributed by atoms with Gasteiger partial charge in [0.1, 0.15) is 12.3 Å². The van der Waals surface area contributed by atoms with Crippen LogP contribution in [-0.2, 0) is 19.6 Å². The maximum Gasteiger partial charge on any atom is 0.321 e. The summed E-state index contributed by atoms with van der Waals surface area (Å²) < 4.78 is 30.8. The minimum absolute atomic E-state index is 0.0597. The third-order valence-corrected chi connectivity index (χ3v) is 4.61. The first kappa shape index (κ1) is 16.5. The number of carbonyl (C=O) groups excluding carboxylic acids is 1. The molecule has 0 aliphatic rings. The van der Waals surface area contributed by atoms with Crippen molar-refractivity contribution >= 4 is 16.0 Å². The third-order valence-electron chi connectivity index (χ3n) is 2.59. The first-order valence-electron chi connectivity index (χ1n) is 6.25. The van der Waals surface area contributed by atoms with Crippen LogP contribution in [0.5, 0.6) is 5.75 Å². The molecule has 0 fully saturated rings. The highest BCUT2D eigenvalue weighted by molar-refractivity contribution is 7.89. The Morgan fingerprint density at radius 3 is 2.55 bits per heavy atom. The zero-order valence-electron chi connectivity index (χ0n) is 11.7. The number of hydrogen-bond acceptors (Lipinski definition) is 5. The van der Waals surface area contributed by atoms with Gasteiger partial charge in [-0.2, -0.15) is 4.31 Å². The maximum atomic E-state index is 12.5. The van der Waals surface area contributed by atoms with Crippen molar-refractivity contribution in [2.75, 3.05) is 13.2 Å². The number of esters is 1. The van der Waals surface area contributed by atoms with Crippen molar-refractivity contribution in [2.45, 2.75) is 31.7 Å². The second-order valence-corrected chi connectivity index (χ2v) is 6.34. The van der Waals surface area contributed by atoms with E-state index in [-0.39, 0.29) is 23.8 Å². The van der Waals surface area contributed by atoms with Crippen molar-refractivity contribution in [1.82, 2.24) is 4.31 Å². The molecule has 0 aromatic heterocycles. The van der Waals surface area contributed by atoms with Crippen LogP contribution in [0.3, 0.4) is 0 Å². The van der Waals surface area contributed by atoms with Crippen molar-refractivity contribution in [3.05, 3.63) is 24.3 Å². The second-order valence-electron chi connectivity index (χ2n) is 4.45. The van der Waals surface area contributed by atoms with E-state index in [0.717, 1.165) is 10.4 Å². The SMILES string of the molecule is CCOC(=O)CN(C(C)C)S(=O)(=O)c1cccc(O)c1. The van der Waals surface area contributed by atoms with Gasteiger partial charge in [0.25, 0.3) is 0 Å². The molecule has 1 aromatic rings. The fraction of sp³-hybridized carbons (Fsp3) is 0.462. The van der Waals surface area contributed by atoms with Crippen LogP contribution in [0.4, 0.5) is 0 Å². The largest absolute Gasteiger partial charge is 0.508 e. The number of phenolic OH excluding ortho intramolecular Hbond substituents is 1. The summed E-state index contributed by atoms with van der Waals surface area (Å²) >= 11 is 0. The van der Waals surface area contributed by atoms with Crippen LogP contribution in [0.15, 0.2) is 29.2 Å². The van der Waals surface area contributed by atoms with Gasteiger partial charge >= 0.3 is 5.97 Å². The monoisotopic (exact) mass is 301 g/mol. The van der Waals surface area contributed by atoms with Crippen LogP contribution in [0.25, 0.3) is 0 Å². The molecule has 0 atom stereocenters. The molecular formula is C13H19NO5S. The molecule has 1 N–H and O–H groups in total. The molecule has 7 heteroatoms. The lowest BCUT2D eigenvalue weighted by Gasteiger charge is -2.24. The van der Waals surface area contributed by atoms with Crippen molar-refractivity contribution < 1.29 is 23.1 Å². The summed E-state index contributed by atoms with van der Waals surface area (Å²) in [5.74, 6) is -0.754. The second kappa shape index (κ2) is 6.71. The summed E-state index contributed by atoms with van der Waals surface area (Å²) in [7, 11) is -3.86. The molecule has 0 saturated carbocycles. The molecule has 112 valence electrons. The molecule has 20 heavy (non-hydrogen) atoms. The molecule has 0 saturated heterocycles. The Kier molecular flexibility index (Phi) is 5.52. The highest BCUT2D eigenvalue weighted by Gasteiger charge is 2.29. The quantitative estimate of drug-likeness (QED) is 0.802. The van der Waals surface area contributed by atoms with E-state index in [4.69, 9.17) is 4.74 Å². The van der Waals surface area contributed by atoms with Gasteiger partial charge in [0.15, 0.2) is 0 Å². The van der Waals surface area contributed by atoms with E-state index in [1.807, 2.05) is 0 Å². The number of benzene rings is 1. The standard InChI is InChI=1S/C13H19NO5S/c1-4-19-13(16)9-14(10(2)3)20(17,18)12-7-5-6-11(15)8-12/h5-8,10,15H,4,9H2,1-3H3. The summed E-state index contributed by atoms with van der Waals surface area (Å²) in [5, 5.41) is 9.39. The minimum atomic E-state index is -3.86. The highest BCUT2D eigenvalue weighted by Crippen LogP contribution is 2.21. The minimum Gasteiger partial charge on any atom is -0.508 e. The fourth-order valence-electron chi connectivity index (χ4n) is 1.66. The summed E-state index contributed by atoms with van der Waals surface area (Å²) in [6.45, 7) is 4.82. The first-order chi connectivity index (χ1) is 9.28. The smallest absolute Gasteiger partial charge is 0.321 e. The number of nitrogens with zero attached hydrogens (tertiary/aromatic N) is 1. The average Bonchev–Trinajstić information content (AvgIpc) is 2.35. The van der Waals surface area contributed by atoms with Crippen LogP contribution in [0.1, 0.15) is 20.8 Å². The lowest BCUT2D eigenvalue weighted by atomic mass is 10.3. The Labute approximate surface area is 119 Å². The lowest BCUT2D eigenvalue weighted by Crippen LogP contribution is -2.41. The number of carbonyl (C=O) groups is 1. The first-order valence-corrected chi connectivity index (χ1v) is 7.69. The molecule has 0 bridgehead atoms. The molecule has 0 amide bonds. The lowest BCUT2D eigenvalue weighted by molar-refractivity contribution is -0.143. The third kappa shape index (κ3) is 3.94. The van der Waals surface area contributed by atoms with Crippen LogP contribution >= 0.6 is 0 Å². The van der Waals surface area contributed by atoms with E-state index in [0.29, 0.717) is 0 Å². The topological polar surface area (TPSA) is 83.9 Å². The summed E-state index contributed by atoms with van der Waals surface area (Å²) in [6.07, 6.45) is 0. The fourth-order valence-corrected chi connectivity index (χ4v) is 3.28. The zero-order valence-corrected chi connectivity index (χ0v) is 12.6. The molecule has 0 aliphatic carbocycles. The Bertz CT molecular complexity index is 568. The predicted octanol–water partition coefficient (Wildman–Crippen LogP) is 1.35. The van der Waals surface area contributed by atoms with Crippen molar-refractivity contribution in [3.8, 4) is 5.75 Å². The van der Waals surface area contributed by atoms with E-state index < -0.39 is 22.0 Å². The molecule has 0 unspecified atom stereocenters. The molecule has 0 spiro atoms. The van der Waals surface area contributed by atoms with Gasteiger partial charge in [0, 0.05) is 6.04 Å². The number of rotatable bonds is 6. The maximum absolute atomic E-state index is 12.5. The van der Waals surface area contributed by atoms with Crippen LogP contribution < -0.4 is 0 Å². The average molecular weight is 301 g/mol. The Balaban J connectivity index is 3.10. The summed E-state index contributed by atoms with van der Waals surface area (Å²) in [5.41, 5.74) is 0. The van der Waals surface area contributed by atoms with E-state index in [1.54, 1.807) is 20.8 Å². The van der Waals surface area contributed by atoms with Crippen molar-refractivity contribution in [1.29, 1.82) is 0 Å². The van der Waals surface area contributed by atoms with E-state index in [2.05, 4.69) is 0 Å². The predicted molar refractivity (Wildman–Crippen MR) is 73.8 cm³/mol. The Hall–Kier alpha value is -1.60. The van der Waals surface area contributed by atoms with Crippen molar-refractivity contribution in [3.63, 3.8) is 0 Å². The Morgan fingerprint density at radius 1 is 1.40 bits per heavy atom. The molecule has 0 radical (unpaired) electrons. The molecular weight excluding hydrogens is 282 g/mol. The van der Waals surface area contributed by atoms with Crippen LogP contribution in [-0.4, -0.2) is 43.0 Å². The Morgan fingerprint density at radius 2 is 2.05 bits per heavy atom. The highest BCUT2D eigenvalue weighted by atomic mass is 32.2. The van der Waals surface area contributed by atoms with Gasteiger partial charge in [-0.3, -0.25) is 4.79 Å². The van der Waals surface area contributed by atoms with Gasteiger partial charge < -0.3 is 9.84 Å². The normalized spacial score (nSPS) is 11.8. The number of hydrogen-bond donors (Lipinski definition) is 1. The molecule has 6 nitrogen and oxygen atoms in total. The number of sulfonamides is 1. The van der Waals surface area contributed by atoms with Gasteiger partial charge in [-0.25, -0.2) is 8.42 Å². The zero-order chi connectivity index (χ0) is 15.3. The van der Waals surface area contributed by atoms with E-state index in [9.17, 15) is 18.3 Å². The van der Waals surface area contributed by atoms with Crippen LogP contribution in [0.2, 0.25) is 0 Å². The van der Waals surface area contributed by atoms with Gasteiger partial charge in [0.05, 0.1) is 11.5 Å². The summed E-state index contributed by atoms with van der Waals surface area (Å²) in [6, 6.07) is 4.92. The molecule has 0 heterocycles. The van der Waals surface area contributed by atoms with E-state index in [1.165, 1.54) is 18.2 Å².